The van der Waals surface area contributed by atoms with Gasteiger partial charge in [-0.2, -0.15) is 9.92 Å². The first-order valence-corrected chi connectivity index (χ1v) is 11.5. The summed E-state index contributed by atoms with van der Waals surface area (Å²) in [5.74, 6) is 0.0332. The molecular formula is C21H25N3O7P+. The van der Waals surface area contributed by atoms with E-state index in [1.165, 1.54) is 24.3 Å². The Balaban J connectivity index is 1.67. The third-order valence-electron chi connectivity index (χ3n) is 4.81. The number of nitro groups is 1. The van der Waals surface area contributed by atoms with Crippen LogP contribution >= 0.6 is 8.45 Å². The van der Waals surface area contributed by atoms with E-state index in [0.29, 0.717) is 5.75 Å². The number of nitrogens with one attached hydrogen (secondary N) is 1. The molecule has 170 valence electrons. The van der Waals surface area contributed by atoms with E-state index in [0.717, 1.165) is 32.1 Å². The average Bonchev–Trinajstić information content (AvgIpc) is 2.80. The monoisotopic (exact) mass is 462 g/mol. The molecule has 1 N–H and O–H groups in total. The summed E-state index contributed by atoms with van der Waals surface area (Å²) in [6.45, 7) is 1.59. The number of non-ortho nitro benzene ring substituents is 1. The molecule has 2 aromatic rings. The zero-order chi connectivity index (χ0) is 22.9. The number of benzene rings is 2. The number of rotatable bonds is 10. The van der Waals surface area contributed by atoms with Crippen LogP contribution < -0.4 is 14.4 Å². The number of nitrogens with zero attached hydrogens (tertiary/aromatic N) is 2. The number of esters is 1. The van der Waals surface area contributed by atoms with Crippen molar-refractivity contribution >= 4 is 20.1 Å². The number of ether oxygens (including phenoxy) is 1. The first kappa shape index (κ1) is 23.6. The van der Waals surface area contributed by atoms with Gasteiger partial charge in [-0.3, -0.25) is 14.9 Å². The van der Waals surface area contributed by atoms with E-state index in [1.807, 2.05) is 0 Å². The van der Waals surface area contributed by atoms with Gasteiger partial charge in [0.15, 0.2) is 0 Å². The van der Waals surface area contributed by atoms with Gasteiger partial charge in [-0.15, -0.1) is 0 Å². The molecule has 0 amide bonds. The maximum atomic E-state index is 12.7. The average molecular weight is 462 g/mol. The number of carbonyl (C=O) groups is 1. The van der Waals surface area contributed by atoms with Crippen molar-refractivity contribution in [3.8, 4) is 11.5 Å². The second-order valence-corrected chi connectivity index (χ2v) is 8.62. The SMILES string of the molecule is C[C@H](NP(Oc1ccccc1)[N+](=O)Oc1ccc([N+](=O)[O-])cc1)C(=O)OC1CCCCC1. The number of nitro benzene ring substituents is 1. The molecule has 1 fully saturated rings. The summed E-state index contributed by atoms with van der Waals surface area (Å²) < 4.78 is 11.5. The van der Waals surface area contributed by atoms with Crippen molar-refractivity contribution in [1.82, 2.24) is 5.09 Å². The van der Waals surface area contributed by atoms with Gasteiger partial charge in [0, 0.05) is 12.1 Å². The molecule has 0 spiro atoms. The second-order valence-electron chi connectivity index (χ2n) is 7.31. The van der Waals surface area contributed by atoms with Gasteiger partial charge in [0.1, 0.15) is 17.9 Å². The van der Waals surface area contributed by atoms with Crippen molar-refractivity contribution in [1.29, 1.82) is 0 Å². The Morgan fingerprint density at radius 2 is 1.69 bits per heavy atom. The Labute approximate surface area is 186 Å². The van der Waals surface area contributed by atoms with Crippen molar-refractivity contribution in [3.63, 3.8) is 0 Å². The standard InChI is InChI=1S/C21H25N3O7P/c1-16(21(25)29-18-8-4-2-5-9-18)22-32(31-20-10-6-3-7-11-20)24(28)30-19-14-12-17(13-15-19)23(26)27/h3,6-7,10-16,18,22H,2,4-5,8-9H2,1H3/q+1/t16-,32?/m0/s1. The summed E-state index contributed by atoms with van der Waals surface area (Å²) in [6.07, 6.45) is 4.77. The van der Waals surface area contributed by atoms with Crippen LogP contribution in [0.25, 0.3) is 0 Å². The largest absolute Gasteiger partial charge is 0.596 e. The first-order chi connectivity index (χ1) is 15.4. The van der Waals surface area contributed by atoms with Gasteiger partial charge in [0.05, 0.1) is 9.83 Å². The predicted molar refractivity (Wildman–Crippen MR) is 117 cm³/mol. The van der Waals surface area contributed by atoms with Gasteiger partial charge in [-0.05, 0) is 56.9 Å². The predicted octanol–water partition coefficient (Wildman–Crippen LogP) is 4.83. The minimum Gasteiger partial charge on any atom is -0.461 e. The fourth-order valence-electron chi connectivity index (χ4n) is 3.11. The zero-order valence-corrected chi connectivity index (χ0v) is 18.5. The molecular weight excluding hydrogens is 437 g/mol. The Morgan fingerprint density at radius 1 is 1.03 bits per heavy atom. The van der Waals surface area contributed by atoms with E-state index >= 15 is 0 Å². The van der Waals surface area contributed by atoms with E-state index in [9.17, 15) is 19.8 Å². The molecule has 10 nitrogen and oxygen atoms in total. The summed E-state index contributed by atoms with van der Waals surface area (Å²) in [6, 6.07) is 12.9. The van der Waals surface area contributed by atoms with Crippen molar-refractivity contribution in [2.45, 2.75) is 51.2 Å². The van der Waals surface area contributed by atoms with Crippen LogP contribution in [0.4, 0.5) is 5.69 Å². The molecule has 0 aliphatic heterocycles. The van der Waals surface area contributed by atoms with E-state index in [1.54, 1.807) is 37.3 Å². The molecule has 1 aliphatic rings. The topological polar surface area (TPSA) is 120 Å². The smallest absolute Gasteiger partial charge is 0.461 e. The van der Waals surface area contributed by atoms with Gasteiger partial charge in [-0.25, -0.2) is 0 Å². The molecule has 11 heteroatoms. The molecule has 0 bridgehead atoms. The Kier molecular flexibility index (Phi) is 8.47. The van der Waals surface area contributed by atoms with Crippen molar-refractivity contribution < 1.29 is 28.5 Å². The minimum atomic E-state index is -2.17. The normalized spacial score (nSPS) is 15.9. The minimum absolute atomic E-state index is 0.0917. The number of hydrogen-bond donors (Lipinski definition) is 1. The fourth-order valence-corrected chi connectivity index (χ4v) is 4.25. The quantitative estimate of drug-likeness (QED) is 0.231. The molecule has 3 rings (SSSR count). The van der Waals surface area contributed by atoms with E-state index in [4.69, 9.17) is 14.1 Å². The number of carbonyl (C=O) groups excluding carboxylic acids is 1. The highest BCUT2D eigenvalue weighted by atomic mass is 31.2. The van der Waals surface area contributed by atoms with Crippen LogP contribution in [0.15, 0.2) is 54.6 Å². The zero-order valence-electron chi connectivity index (χ0n) is 17.6. The summed E-state index contributed by atoms with van der Waals surface area (Å²) in [4.78, 5) is 40.8. The van der Waals surface area contributed by atoms with Gasteiger partial charge >= 0.3 is 14.4 Å². The molecule has 0 saturated heterocycles. The van der Waals surface area contributed by atoms with Crippen LogP contribution in [0.3, 0.4) is 0 Å². The molecule has 1 unspecified atom stereocenters. The third kappa shape index (κ3) is 6.96. The molecule has 0 heterocycles. The van der Waals surface area contributed by atoms with Gasteiger partial charge < -0.3 is 9.26 Å². The summed E-state index contributed by atoms with van der Waals surface area (Å²) in [7, 11) is -2.17. The van der Waals surface area contributed by atoms with Crippen LogP contribution in [0.5, 0.6) is 11.5 Å². The summed E-state index contributed by atoms with van der Waals surface area (Å²) in [5, 5.41) is 13.6. The second kappa shape index (κ2) is 11.5. The Morgan fingerprint density at radius 3 is 2.31 bits per heavy atom. The van der Waals surface area contributed by atoms with E-state index < -0.39 is 25.4 Å². The van der Waals surface area contributed by atoms with Gasteiger partial charge in [0.2, 0.25) is 5.75 Å². The lowest BCUT2D eigenvalue weighted by molar-refractivity contribution is -0.646. The lowest BCUT2D eigenvalue weighted by Crippen LogP contribution is -2.37. The van der Waals surface area contributed by atoms with Crippen LogP contribution in [-0.4, -0.2) is 27.7 Å². The maximum Gasteiger partial charge on any atom is 0.596 e. The molecule has 32 heavy (non-hydrogen) atoms. The van der Waals surface area contributed by atoms with E-state index in [2.05, 4.69) is 5.09 Å². The van der Waals surface area contributed by atoms with Gasteiger partial charge in [-0.1, -0.05) is 24.6 Å². The lowest BCUT2D eigenvalue weighted by Gasteiger charge is -2.23. The Hall–Kier alpha value is -3.10. The van der Waals surface area contributed by atoms with Crippen LogP contribution in [-0.2, 0) is 9.53 Å². The molecule has 1 aliphatic carbocycles. The number of hydrogen-bond acceptors (Lipinski definition) is 8. The van der Waals surface area contributed by atoms with Crippen molar-refractivity contribution in [3.05, 3.63) is 69.6 Å². The number of para-hydroxylation sites is 1. The third-order valence-corrected chi connectivity index (χ3v) is 6.18. The first-order valence-electron chi connectivity index (χ1n) is 10.3. The molecule has 1 saturated carbocycles. The fraction of sp³-hybridized carbons (Fsp3) is 0.381. The van der Waals surface area contributed by atoms with Crippen LogP contribution in [0.2, 0.25) is 0 Å². The maximum absolute atomic E-state index is 12.7. The molecule has 0 aromatic heterocycles. The van der Waals surface area contributed by atoms with Crippen molar-refractivity contribution in [2.24, 2.45) is 0 Å². The molecule has 2 atom stereocenters. The summed E-state index contributed by atoms with van der Waals surface area (Å²) >= 11 is 0. The highest BCUT2D eigenvalue weighted by Gasteiger charge is 2.40. The summed E-state index contributed by atoms with van der Waals surface area (Å²) in [5.41, 5.74) is -0.130. The van der Waals surface area contributed by atoms with Crippen LogP contribution in [0, 0.1) is 15.0 Å². The van der Waals surface area contributed by atoms with Crippen molar-refractivity contribution in [2.75, 3.05) is 0 Å². The molecule has 2 aromatic carbocycles. The lowest BCUT2D eigenvalue weighted by atomic mass is 9.98. The van der Waals surface area contributed by atoms with E-state index in [-0.39, 0.29) is 22.2 Å². The Bertz CT molecular complexity index is 921. The van der Waals surface area contributed by atoms with Gasteiger partial charge in [0.25, 0.3) is 10.4 Å². The highest BCUT2D eigenvalue weighted by Crippen LogP contribution is 2.36. The molecule has 0 radical (unpaired) electrons. The highest BCUT2D eigenvalue weighted by molar-refractivity contribution is 7.43. The van der Waals surface area contributed by atoms with Crippen LogP contribution in [0.1, 0.15) is 39.0 Å².